The molecule has 4 aromatic carbocycles. The Balaban J connectivity index is 0.000000224. The van der Waals surface area contributed by atoms with Gasteiger partial charge in [0.1, 0.15) is 40.5 Å². The van der Waals surface area contributed by atoms with E-state index in [4.69, 9.17) is 10.5 Å². The van der Waals surface area contributed by atoms with Crippen molar-refractivity contribution in [2.75, 3.05) is 35.8 Å². The van der Waals surface area contributed by atoms with Crippen LogP contribution < -0.4 is 21.7 Å². The minimum absolute atomic E-state index is 0.381. The first kappa shape index (κ1) is 41.8. The number of nitrogens with two attached hydrogens (primary N) is 1. The average molecular weight is 767 g/mol. The van der Waals surface area contributed by atoms with Gasteiger partial charge in [-0.15, -0.1) is 0 Å². The summed E-state index contributed by atoms with van der Waals surface area (Å²) in [6.07, 6.45) is -0.555. The van der Waals surface area contributed by atoms with Gasteiger partial charge in [-0.2, -0.15) is 0 Å². The Labute approximate surface area is 336 Å². The second kappa shape index (κ2) is 20.0. The van der Waals surface area contributed by atoms with E-state index in [1.807, 2.05) is 115 Å². The van der Waals surface area contributed by atoms with Gasteiger partial charge in [0, 0.05) is 36.6 Å². The standard InChI is InChI=1S/C25H31N5O2.C20H23N5/c1-18-11-13-20(14-12-18)26-21-15-22(29-24(31)32-25(2,3)4)28-23(27-21)17-30(5)16-19-9-7-6-8-10-19;1-15-8-10-17(11-9-15)22-19-12-18(21)23-20(24-19)14-25(2)13-16-6-4-3-5-7-16/h6-15H,16-17H2,1-5H3,(H2,26,27,28,29,31);3-12H,13-14H2,1-2H3,(H3,21,22,23,24). The molecule has 57 heavy (non-hydrogen) atoms. The zero-order valence-corrected chi connectivity index (χ0v) is 34.0. The lowest BCUT2D eigenvalue weighted by Gasteiger charge is -2.20. The van der Waals surface area contributed by atoms with Crippen molar-refractivity contribution in [2.24, 2.45) is 0 Å². The molecule has 12 nitrogen and oxygen atoms in total. The molecular weight excluding hydrogens is 713 g/mol. The highest BCUT2D eigenvalue weighted by Crippen LogP contribution is 2.21. The Kier molecular flexibility index (Phi) is 14.7. The van der Waals surface area contributed by atoms with Crippen LogP contribution in [0.4, 0.5) is 39.4 Å². The highest BCUT2D eigenvalue weighted by molar-refractivity contribution is 5.84. The van der Waals surface area contributed by atoms with Gasteiger partial charge < -0.3 is 21.1 Å². The summed E-state index contributed by atoms with van der Waals surface area (Å²) < 4.78 is 5.37. The number of aromatic nitrogens is 4. The molecule has 0 bridgehead atoms. The fraction of sp³-hybridized carbons (Fsp3) is 0.267. The van der Waals surface area contributed by atoms with Crippen molar-refractivity contribution in [1.29, 1.82) is 0 Å². The van der Waals surface area contributed by atoms with Crippen molar-refractivity contribution in [3.8, 4) is 0 Å². The van der Waals surface area contributed by atoms with Crippen LogP contribution in [-0.2, 0) is 30.9 Å². The third kappa shape index (κ3) is 15.0. The Bertz CT molecular complexity index is 2160. The minimum Gasteiger partial charge on any atom is -0.444 e. The molecule has 2 aromatic heterocycles. The summed E-state index contributed by atoms with van der Waals surface area (Å²) >= 11 is 0. The Morgan fingerprint density at radius 2 is 1.02 bits per heavy atom. The van der Waals surface area contributed by atoms with Crippen molar-refractivity contribution in [3.63, 3.8) is 0 Å². The van der Waals surface area contributed by atoms with E-state index in [9.17, 15) is 4.79 Å². The summed E-state index contributed by atoms with van der Waals surface area (Å²) in [7, 11) is 4.06. The van der Waals surface area contributed by atoms with Crippen molar-refractivity contribution in [3.05, 3.63) is 155 Å². The molecular formula is C45H54N10O2. The smallest absolute Gasteiger partial charge is 0.413 e. The molecule has 6 rings (SSSR count). The van der Waals surface area contributed by atoms with Crippen molar-refractivity contribution in [1.82, 2.24) is 29.7 Å². The summed E-state index contributed by atoms with van der Waals surface area (Å²) in [5.74, 6) is 3.44. The van der Waals surface area contributed by atoms with Crippen LogP contribution in [0, 0.1) is 13.8 Å². The van der Waals surface area contributed by atoms with Gasteiger partial charge >= 0.3 is 6.09 Å². The van der Waals surface area contributed by atoms with Crippen LogP contribution in [0.2, 0.25) is 0 Å². The number of hydrogen-bond donors (Lipinski definition) is 4. The molecule has 12 heteroatoms. The largest absolute Gasteiger partial charge is 0.444 e. The number of nitrogens with one attached hydrogen (secondary N) is 3. The van der Waals surface area contributed by atoms with E-state index in [2.05, 4.69) is 89.0 Å². The molecule has 0 aliphatic rings. The third-order valence-electron chi connectivity index (χ3n) is 8.25. The van der Waals surface area contributed by atoms with Gasteiger partial charge in [0.25, 0.3) is 0 Å². The molecule has 0 aliphatic heterocycles. The molecule has 5 N–H and O–H groups in total. The van der Waals surface area contributed by atoms with E-state index in [-0.39, 0.29) is 0 Å². The minimum atomic E-state index is -0.598. The van der Waals surface area contributed by atoms with Crippen LogP contribution in [0.5, 0.6) is 0 Å². The number of aryl methyl sites for hydroxylation is 2. The zero-order chi connectivity index (χ0) is 40.8. The van der Waals surface area contributed by atoms with E-state index < -0.39 is 11.7 Å². The summed E-state index contributed by atoms with van der Waals surface area (Å²) in [5.41, 5.74) is 12.1. The van der Waals surface area contributed by atoms with Gasteiger partial charge in [0.05, 0.1) is 13.1 Å². The van der Waals surface area contributed by atoms with E-state index in [1.54, 1.807) is 12.1 Å². The van der Waals surface area contributed by atoms with Crippen molar-refractivity contribution >= 4 is 40.7 Å². The number of rotatable bonds is 13. The van der Waals surface area contributed by atoms with Gasteiger partial charge in [0.15, 0.2) is 0 Å². The number of benzene rings is 4. The van der Waals surface area contributed by atoms with Crippen LogP contribution in [-0.4, -0.2) is 55.5 Å². The van der Waals surface area contributed by atoms with Gasteiger partial charge in [-0.05, 0) is 84.1 Å². The fourth-order valence-corrected chi connectivity index (χ4v) is 5.71. The number of carbonyl (C=O) groups excluding carboxylic acids is 1. The first-order chi connectivity index (χ1) is 27.2. The number of hydrogen-bond acceptors (Lipinski definition) is 11. The number of amides is 1. The number of nitrogens with zero attached hydrogens (tertiary/aromatic N) is 6. The normalized spacial score (nSPS) is 11.1. The molecule has 296 valence electrons. The lowest BCUT2D eigenvalue weighted by molar-refractivity contribution is 0.0635. The Morgan fingerprint density at radius 1 is 0.596 bits per heavy atom. The second-order valence-electron chi connectivity index (χ2n) is 15.1. The monoisotopic (exact) mass is 766 g/mol. The lowest BCUT2D eigenvalue weighted by Crippen LogP contribution is -2.28. The topological polar surface area (TPSA) is 146 Å². The van der Waals surface area contributed by atoms with E-state index >= 15 is 0 Å². The predicted octanol–water partition coefficient (Wildman–Crippen LogP) is 9.25. The van der Waals surface area contributed by atoms with Crippen LogP contribution >= 0.6 is 0 Å². The molecule has 0 fully saturated rings. The molecule has 0 atom stereocenters. The fourth-order valence-electron chi connectivity index (χ4n) is 5.71. The summed E-state index contributed by atoms with van der Waals surface area (Å²) in [4.78, 5) is 34.7. The Morgan fingerprint density at radius 3 is 1.47 bits per heavy atom. The van der Waals surface area contributed by atoms with Gasteiger partial charge in [-0.25, -0.2) is 24.7 Å². The molecule has 6 aromatic rings. The molecule has 0 saturated carbocycles. The van der Waals surface area contributed by atoms with Crippen LogP contribution in [0.15, 0.2) is 121 Å². The summed E-state index contributed by atoms with van der Waals surface area (Å²) in [6.45, 7) is 12.3. The van der Waals surface area contributed by atoms with Gasteiger partial charge in [-0.1, -0.05) is 96.1 Å². The van der Waals surface area contributed by atoms with Gasteiger partial charge in [0.2, 0.25) is 0 Å². The molecule has 0 aliphatic carbocycles. The number of nitrogen functional groups attached to an aromatic ring is 1. The molecule has 0 unspecified atom stereocenters. The van der Waals surface area contributed by atoms with E-state index in [1.165, 1.54) is 22.3 Å². The van der Waals surface area contributed by atoms with Crippen LogP contribution in [0.3, 0.4) is 0 Å². The highest BCUT2D eigenvalue weighted by Gasteiger charge is 2.18. The van der Waals surface area contributed by atoms with Crippen LogP contribution in [0.1, 0.15) is 54.7 Å². The third-order valence-corrected chi connectivity index (χ3v) is 8.25. The van der Waals surface area contributed by atoms with Crippen LogP contribution in [0.25, 0.3) is 0 Å². The second-order valence-corrected chi connectivity index (χ2v) is 15.1. The summed E-state index contributed by atoms with van der Waals surface area (Å²) in [5, 5.41) is 9.31. The van der Waals surface area contributed by atoms with E-state index in [0.717, 1.165) is 24.5 Å². The maximum atomic E-state index is 12.3. The first-order valence-electron chi connectivity index (χ1n) is 18.9. The van der Waals surface area contributed by atoms with Crippen molar-refractivity contribution < 1.29 is 9.53 Å². The lowest BCUT2D eigenvalue weighted by atomic mass is 10.2. The predicted molar refractivity (Wildman–Crippen MR) is 230 cm³/mol. The number of carbonyl (C=O) groups is 1. The number of anilines is 6. The highest BCUT2D eigenvalue weighted by atomic mass is 16.6. The number of ether oxygens (including phenoxy) is 1. The summed E-state index contributed by atoms with van der Waals surface area (Å²) in [6, 6.07) is 40.2. The molecule has 2 heterocycles. The molecule has 0 spiro atoms. The maximum absolute atomic E-state index is 12.3. The Hall–Kier alpha value is -6.37. The quantitative estimate of drug-likeness (QED) is 0.0892. The zero-order valence-electron chi connectivity index (χ0n) is 34.0. The molecule has 0 saturated heterocycles. The van der Waals surface area contributed by atoms with Crippen molar-refractivity contribution in [2.45, 2.75) is 66.4 Å². The van der Waals surface area contributed by atoms with E-state index in [0.29, 0.717) is 48.0 Å². The van der Waals surface area contributed by atoms with Gasteiger partial charge in [-0.3, -0.25) is 15.1 Å². The SMILES string of the molecule is Cc1ccc(Nc2cc(N)nc(CN(C)Cc3ccccc3)n2)cc1.Cc1ccc(Nc2cc(NC(=O)OC(C)(C)C)nc(CN(C)Cc3ccccc3)n2)cc1. The first-order valence-corrected chi connectivity index (χ1v) is 18.9. The maximum Gasteiger partial charge on any atom is 0.413 e. The molecule has 1 amide bonds. The molecule has 0 radical (unpaired) electrons. The average Bonchev–Trinajstić information content (AvgIpc) is 3.13.